The molecule has 1 fully saturated rings. The van der Waals surface area contributed by atoms with Crippen molar-refractivity contribution >= 4 is 5.78 Å². The molecule has 0 unspecified atom stereocenters. The van der Waals surface area contributed by atoms with E-state index in [1.165, 1.54) is 5.56 Å². The minimum absolute atomic E-state index is 0.203. The number of ether oxygens (including phenoxy) is 1. The normalized spacial score (nSPS) is 18.7. The zero-order valence-corrected chi connectivity index (χ0v) is 8.54. The first-order valence-corrected chi connectivity index (χ1v) is 4.81. The summed E-state index contributed by atoms with van der Waals surface area (Å²) >= 11 is 0. The first-order valence-electron chi connectivity index (χ1n) is 4.81. The van der Waals surface area contributed by atoms with Crippen molar-refractivity contribution in [3.8, 4) is 0 Å². The standard InChI is InChI=1S/C12H14O2/c1-9-4-3-5-11(6-9)12(10(2)13)7-14-8-12/h3-6H,7-8H2,1-2H3. The van der Waals surface area contributed by atoms with E-state index >= 15 is 0 Å². The third-order valence-electron chi connectivity index (χ3n) is 2.94. The molecule has 0 aliphatic carbocycles. The van der Waals surface area contributed by atoms with Gasteiger partial charge in [-0.05, 0) is 19.4 Å². The van der Waals surface area contributed by atoms with Crippen molar-refractivity contribution in [1.82, 2.24) is 0 Å². The summed E-state index contributed by atoms with van der Waals surface area (Å²) in [5.74, 6) is 0.203. The lowest BCUT2D eigenvalue weighted by atomic mass is 9.75. The lowest BCUT2D eigenvalue weighted by molar-refractivity contribution is -0.140. The fourth-order valence-electron chi connectivity index (χ4n) is 1.82. The van der Waals surface area contributed by atoms with Gasteiger partial charge in [0.2, 0.25) is 0 Å². The molecular formula is C12H14O2. The Bertz CT molecular complexity index is 364. The molecule has 0 spiro atoms. The van der Waals surface area contributed by atoms with Crippen LogP contribution < -0.4 is 0 Å². The monoisotopic (exact) mass is 190 g/mol. The highest BCUT2D eigenvalue weighted by atomic mass is 16.5. The summed E-state index contributed by atoms with van der Waals surface area (Å²) in [4.78, 5) is 11.6. The molecule has 2 heteroatoms. The summed E-state index contributed by atoms with van der Waals surface area (Å²) in [7, 11) is 0. The highest BCUT2D eigenvalue weighted by Gasteiger charge is 2.44. The van der Waals surface area contributed by atoms with Crippen molar-refractivity contribution in [3.05, 3.63) is 35.4 Å². The van der Waals surface area contributed by atoms with Crippen molar-refractivity contribution in [2.75, 3.05) is 13.2 Å². The minimum Gasteiger partial charge on any atom is -0.378 e. The highest BCUT2D eigenvalue weighted by Crippen LogP contribution is 2.33. The topological polar surface area (TPSA) is 26.3 Å². The molecule has 74 valence electrons. The Morgan fingerprint density at radius 2 is 2.14 bits per heavy atom. The maximum absolute atomic E-state index is 11.6. The first-order chi connectivity index (χ1) is 6.65. The number of ketones is 1. The molecule has 2 nitrogen and oxygen atoms in total. The van der Waals surface area contributed by atoms with Crippen molar-refractivity contribution in [2.24, 2.45) is 0 Å². The van der Waals surface area contributed by atoms with Crippen molar-refractivity contribution in [3.63, 3.8) is 0 Å². The number of aryl methyl sites for hydroxylation is 1. The first kappa shape index (κ1) is 9.41. The number of hydrogen-bond donors (Lipinski definition) is 0. The van der Waals surface area contributed by atoms with Gasteiger partial charge in [0, 0.05) is 0 Å². The molecule has 0 amide bonds. The van der Waals surface area contributed by atoms with Gasteiger partial charge in [0.1, 0.15) is 11.2 Å². The zero-order valence-electron chi connectivity index (χ0n) is 8.54. The molecule has 1 aliphatic rings. The summed E-state index contributed by atoms with van der Waals surface area (Å²) in [5, 5.41) is 0. The highest BCUT2D eigenvalue weighted by molar-refractivity contribution is 5.89. The Hall–Kier alpha value is -1.15. The van der Waals surface area contributed by atoms with E-state index in [1.807, 2.05) is 25.1 Å². The summed E-state index contributed by atoms with van der Waals surface area (Å²) in [6, 6.07) is 8.12. The van der Waals surface area contributed by atoms with Crippen molar-refractivity contribution in [1.29, 1.82) is 0 Å². The van der Waals surface area contributed by atoms with E-state index in [9.17, 15) is 4.79 Å². The molecule has 0 bridgehead atoms. The predicted molar refractivity (Wildman–Crippen MR) is 54.4 cm³/mol. The van der Waals surface area contributed by atoms with Gasteiger partial charge < -0.3 is 4.74 Å². The molecule has 0 saturated carbocycles. The van der Waals surface area contributed by atoms with E-state index in [-0.39, 0.29) is 11.2 Å². The van der Waals surface area contributed by atoms with Crippen LogP contribution in [0.25, 0.3) is 0 Å². The molecule has 1 aliphatic heterocycles. The minimum atomic E-state index is -0.355. The fourth-order valence-corrected chi connectivity index (χ4v) is 1.82. The van der Waals surface area contributed by atoms with Crippen LogP contribution in [0.5, 0.6) is 0 Å². The maximum atomic E-state index is 11.6. The molecule has 0 aromatic heterocycles. The zero-order chi connectivity index (χ0) is 10.2. The number of rotatable bonds is 2. The second-order valence-electron chi connectivity index (χ2n) is 4.00. The van der Waals surface area contributed by atoms with Gasteiger partial charge in [-0.3, -0.25) is 4.79 Å². The Morgan fingerprint density at radius 1 is 1.43 bits per heavy atom. The third-order valence-corrected chi connectivity index (χ3v) is 2.94. The number of benzene rings is 1. The lowest BCUT2D eigenvalue weighted by Gasteiger charge is -2.39. The van der Waals surface area contributed by atoms with Gasteiger partial charge in [-0.1, -0.05) is 29.8 Å². The number of carbonyl (C=O) groups is 1. The van der Waals surface area contributed by atoms with Gasteiger partial charge in [0.15, 0.2) is 0 Å². The molecule has 1 saturated heterocycles. The quantitative estimate of drug-likeness (QED) is 0.711. The van der Waals surface area contributed by atoms with Gasteiger partial charge in [-0.25, -0.2) is 0 Å². The van der Waals surface area contributed by atoms with Gasteiger partial charge in [-0.2, -0.15) is 0 Å². The molecule has 0 radical (unpaired) electrons. The van der Waals surface area contributed by atoms with Gasteiger partial charge in [0.05, 0.1) is 13.2 Å². The Morgan fingerprint density at radius 3 is 2.57 bits per heavy atom. The molecule has 14 heavy (non-hydrogen) atoms. The van der Waals surface area contributed by atoms with Crippen LogP contribution in [0.3, 0.4) is 0 Å². The molecular weight excluding hydrogens is 176 g/mol. The second kappa shape index (κ2) is 3.21. The smallest absolute Gasteiger partial charge is 0.145 e. The maximum Gasteiger partial charge on any atom is 0.145 e. The number of carbonyl (C=O) groups excluding carboxylic acids is 1. The largest absolute Gasteiger partial charge is 0.378 e. The second-order valence-corrected chi connectivity index (χ2v) is 4.00. The Kier molecular flexibility index (Phi) is 2.16. The van der Waals surface area contributed by atoms with Crippen LogP contribution >= 0.6 is 0 Å². The molecule has 1 aromatic carbocycles. The van der Waals surface area contributed by atoms with E-state index in [0.29, 0.717) is 13.2 Å². The average molecular weight is 190 g/mol. The predicted octanol–water partition coefficient (Wildman–Crippen LogP) is 1.85. The van der Waals surface area contributed by atoms with Crippen LogP contribution in [0.1, 0.15) is 18.1 Å². The van der Waals surface area contributed by atoms with Crippen molar-refractivity contribution < 1.29 is 9.53 Å². The van der Waals surface area contributed by atoms with Crippen LogP contribution in [-0.4, -0.2) is 19.0 Å². The average Bonchev–Trinajstić information content (AvgIpc) is 2.00. The summed E-state index contributed by atoms with van der Waals surface area (Å²) < 4.78 is 5.17. The van der Waals surface area contributed by atoms with Gasteiger partial charge >= 0.3 is 0 Å². The van der Waals surface area contributed by atoms with Crippen LogP contribution in [0.15, 0.2) is 24.3 Å². The summed E-state index contributed by atoms with van der Waals surface area (Å²) in [5.41, 5.74) is 1.93. The van der Waals surface area contributed by atoms with E-state index < -0.39 is 0 Å². The van der Waals surface area contributed by atoms with Crippen LogP contribution in [-0.2, 0) is 14.9 Å². The van der Waals surface area contributed by atoms with Crippen LogP contribution in [0.4, 0.5) is 0 Å². The van der Waals surface area contributed by atoms with E-state index in [4.69, 9.17) is 4.74 Å². The molecule has 2 rings (SSSR count). The Balaban J connectivity index is 2.42. The summed E-state index contributed by atoms with van der Waals surface area (Å²) in [6.07, 6.45) is 0. The van der Waals surface area contributed by atoms with E-state index in [0.717, 1.165) is 5.56 Å². The molecule has 0 N–H and O–H groups in total. The fraction of sp³-hybridized carbons (Fsp3) is 0.417. The van der Waals surface area contributed by atoms with Gasteiger partial charge in [-0.15, -0.1) is 0 Å². The van der Waals surface area contributed by atoms with Gasteiger partial charge in [0.25, 0.3) is 0 Å². The SMILES string of the molecule is CC(=O)C1(c2cccc(C)c2)COC1. The van der Waals surface area contributed by atoms with E-state index in [1.54, 1.807) is 6.92 Å². The third kappa shape index (κ3) is 1.26. The van der Waals surface area contributed by atoms with Crippen LogP contribution in [0, 0.1) is 6.92 Å². The molecule has 0 atom stereocenters. The lowest BCUT2D eigenvalue weighted by Crippen LogP contribution is -2.52. The summed E-state index contributed by atoms with van der Waals surface area (Å²) in [6.45, 7) is 4.75. The number of Topliss-reactive ketones (excluding diaryl/α,β-unsaturated/α-hetero) is 1. The molecule has 1 aromatic rings. The number of hydrogen-bond acceptors (Lipinski definition) is 2. The van der Waals surface area contributed by atoms with Crippen molar-refractivity contribution in [2.45, 2.75) is 19.3 Å². The van der Waals surface area contributed by atoms with E-state index in [2.05, 4.69) is 6.07 Å². The Labute approximate surface area is 83.9 Å². The molecule has 1 heterocycles. The van der Waals surface area contributed by atoms with Crippen LogP contribution in [0.2, 0.25) is 0 Å².